The van der Waals surface area contributed by atoms with E-state index in [9.17, 15) is 8.42 Å². The van der Waals surface area contributed by atoms with Crippen molar-refractivity contribution in [3.8, 4) is 6.07 Å². The van der Waals surface area contributed by atoms with Crippen molar-refractivity contribution >= 4 is 38.7 Å². The number of nitriles is 1. The molecule has 0 fully saturated rings. The summed E-state index contributed by atoms with van der Waals surface area (Å²) in [4.78, 5) is -0.410. The molecule has 112 valence electrons. The van der Waals surface area contributed by atoms with E-state index >= 15 is 0 Å². The molecule has 22 heavy (non-hydrogen) atoms. The Labute approximate surface area is 138 Å². The molecule has 0 amide bonds. The van der Waals surface area contributed by atoms with Crippen molar-refractivity contribution in [3.05, 3.63) is 69.7 Å². The molecule has 0 unspecified atom stereocenters. The Morgan fingerprint density at radius 3 is 2.36 bits per heavy atom. The van der Waals surface area contributed by atoms with Gasteiger partial charge in [0.1, 0.15) is 6.07 Å². The van der Waals surface area contributed by atoms with E-state index < -0.39 is 14.7 Å². The first kappa shape index (κ1) is 16.4. The van der Waals surface area contributed by atoms with Crippen LogP contribution < -0.4 is 5.32 Å². The van der Waals surface area contributed by atoms with Crippen LogP contribution in [0.3, 0.4) is 0 Å². The lowest BCUT2D eigenvalue weighted by molar-refractivity contribution is 0.603. The van der Waals surface area contributed by atoms with Crippen LogP contribution >= 0.6 is 23.2 Å². The van der Waals surface area contributed by atoms with Crippen LogP contribution in [-0.4, -0.2) is 8.42 Å². The number of allylic oxidation sites excluding steroid dienone is 1. The zero-order valence-corrected chi connectivity index (χ0v) is 13.5. The molecule has 0 aliphatic rings. The van der Waals surface area contributed by atoms with Crippen molar-refractivity contribution in [1.82, 2.24) is 0 Å². The molecule has 0 aromatic heterocycles. The number of anilines is 1. The van der Waals surface area contributed by atoms with E-state index in [4.69, 9.17) is 28.5 Å². The molecule has 0 radical (unpaired) electrons. The second kappa shape index (κ2) is 6.84. The minimum atomic E-state index is -3.90. The zero-order valence-electron chi connectivity index (χ0n) is 11.1. The second-order valence-corrected chi connectivity index (χ2v) is 7.02. The number of hydrogen-bond acceptors (Lipinski definition) is 4. The van der Waals surface area contributed by atoms with Gasteiger partial charge in [-0.3, -0.25) is 0 Å². The number of benzene rings is 2. The van der Waals surface area contributed by atoms with E-state index in [-0.39, 0.29) is 4.90 Å². The van der Waals surface area contributed by atoms with Gasteiger partial charge in [0.2, 0.25) is 9.84 Å². The topological polar surface area (TPSA) is 70.0 Å². The maximum absolute atomic E-state index is 12.4. The lowest BCUT2D eigenvalue weighted by Gasteiger charge is -2.05. The Morgan fingerprint density at radius 1 is 1.09 bits per heavy atom. The Kier molecular flexibility index (Phi) is 5.09. The molecule has 7 heteroatoms. The van der Waals surface area contributed by atoms with Gasteiger partial charge in [0.25, 0.3) is 0 Å². The molecule has 0 bridgehead atoms. The molecule has 0 atom stereocenters. The third-order valence-electron chi connectivity index (χ3n) is 2.72. The number of rotatable bonds is 4. The van der Waals surface area contributed by atoms with Gasteiger partial charge in [-0.05, 0) is 42.5 Å². The van der Waals surface area contributed by atoms with E-state index in [0.717, 1.165) is 6.20 Å². The third-order valence-corrected chi connectivity index (χ3v) is 4.89. The lowest BCUT2D eigenvalue weighted by atomic mass is 10.3. The molecule has 1 N–H and O–H groups in total. The average molecular weight is 353 g/mol. The molecule has 0 aliphatic heterocycles. The maximum Gasteiger partial charge on any atom is 0.218 e. The summed E-state index contributed by atoms with van der Waals surface area (Å²) >= 11 is 11.6. The summed E-state index contributed by atoms with van der Waals surface area (Å²) in [7, 11) is -3.90. The quantitative estimate of drug-likeness (QED) is 0.835. The van der Waals surface area contributed by atoms with Crippen molar-refractivity contribution in [3.63, 3.8) is 0 Å². The molecule has 0 aliphatic carbocycles. The molecule has 0 saturated carbocycles. The Bertz CT molecular complexity index is 854. The third kappa shape index (κ3) is 3.80. The lowest BCUT2D eigenvalue weighted by Crippen LogP contribution is -2.05. The largest absolute Gasteiger partial charge is 0.360 e. The molecular weight excluding hydrogens is 343 g/mol. The predicted molar refractivity (Wildman–Crippen MR) is 87.4 cm³/mol. The van der Waals surface area contributed by atoms with Crippen LogP contribution in [0.4, 0.5) is 5.69 Å². The molecule has 0 saturated heterocycles. The number of halogens is 2. The maximum atomic E-state index is 12.4. The van der Waals surface area contributed by atoms with Crippen molar-refractivity contribution in [2.75, 3.05) is 5.32 Å². The summed E-state index contributed by atoms with van der Waals surface area (Å²) in [5.41, 5.74) is 0.576. The van der Waals surface area contributed by atoms with E-state index in [1.165, 1.54) is 24.3 Å². The number of hydrogen-bond donors (Lipinski definition) is 1. The molecule has 0 heterocycles. The van der Waals surface area contributed by atoms with Gasteiger partial charge in [-0.25, -0.2) is 8.42 Å². The first-order valence-corrected chi connectivity index (χ1v) is 8.30. The van der Waals surface area contributed by atoms with Gasteiger partial charge in [0, 0.05) is 21.9 Å². The molecule has 4 nitrogen and oxygen atoms in total. The van der Waals surface area contributed by atoms with Crippen molar-refractivity contribution < 1.29 is 8.42 Å². The van der Waals surface area contributed by atoms with Gasteiger partial charge in [-0.2, -0.15) is 5.26 Å². The summed E-state index contributed by atoms with van der Waals surface area (Å²) < 4.78 is 24.7. The summed E-state index contributed by atoms with van der Waals surface area (Å²) in [5, 5.41) is 12.8. The van der Waals surface area contributed by atoms with Gasteiger partial charge in [0.05, 0.1) is 4.90 Å². The van der Waals surface area contributed by atoms with Gasteiger partial charge in [-0.15, -0.1) is 0 Å². The summed E-state index contributed by atoms with van der Waals surface area (Å²) in [6.07, 6.45) is 1.13. The van der Waals surface area contributed by atoms with Crippen molar-refractivity contribution in [2.24, 2.45) is 0 Å². The Balaban J connectivity index is 2.32. The van der Waals surface area contributed by atoms with Crippen LogP contribution in [0.25, 0.3) is 0 Å². The standard InChI is InChI=1S/C15H10Cl2N2O2S/c16-11-4-6-14(7-5-11)22(20,21)15(9-18)10-19-13-3-1-2-12(17)8-13/h1-8,10,19H. The zero-order chi connectivity index (χ0) is 16.2. The van der Waals surface area contributed by atoms with Crippen molar-refractivity contribution in [1.29, 1.82) is 5.26 Å². The summed E-state index contributed by atoms with van der Waals surface area (Å²) in [5.74, 6) is 0. The van der Waals surface area contributed by atoms with E-state index in [1.807, 2.05) is 0 Å². The average Bonchev–Trinajstić information content (AvgIpc) is 2.48. The van der Waals surface area contributed by atoms with Crippen LogP contribution in [0, 0.1) is 11.3 Å². The molecular formula is C15H10Cl2N2O2S. The number of sulfone groups is 1. The minimum absolute atomic E-state index is 0.00223. The monoisotopic (exact) mass is 352 g/mol. The fourth-order valence-corrected chi connectivity index (χ4v) is 3.04. The summed E-state index contributed by atoms with van der Waals surface area (Å²) in [6, 6.07) is 14.0. The molecule has 2 rings (SSSR count). The first-order valence-electron chi connectivity index (χ1n) is 6.06. The van der Waals surface area contributed by atoms with E-state index in [0.29, 0.717) is 15.7 Å². The Morgan fingerprint density at radius 2 is 1.77 bits per heavy atom. The van der Waals surface area contributed by atoms with E-state index in [1.54, 1.807) is 30.3 Å². The van der Waals surface area contributed by atoms with Crippen LogP contribution in [0.5, 0.6) is 0 Å². The van der Waals surface area contributed by atoms with Gasteiger partial charge in [0.15, 0.2) is 4.91 Å². The van der Waals surface area contributed by atoms with Crippen LogP contribution in [0.2, 0.25) is 10.0 Å². The van der Waals surface area contributed by atoms with Crippen molar-refractivity contribution in [2.45, 2.75) is 4.90 Å². The van der Waals surface area contributed by atoms with Crippen LogP contribution in [-0.2, 0) is 9.84 Å². The molecule has 2 aromatic carbocycles. The van der Waals surface area contributed by atoms with Crippen LogP contribution in [0.1, 0.15) is 0 Å². The normalized spacial score (nSPS) is 11.8. The van der Waals surface area contributed by atoms with Gasteiger partial charge in [-0.1, -0.05) is 29.3 Å². The highest BCUT2D eigenvalue weighted by molar-refractivity contribution is 7.95. The van der Waals surface area contributed by atoms with Gasteiger partial charge >= 0.3 is 0 Å². The second-order valence-electron chi connectivity index (χ2n) is 4.23. The van der Waals surface area contributed by atoms with Crippen LogP contribution in [0.15, 0.2) is 64.5 Å². The highest BCUT2D eigenvalue weighted by atomic mass is 35.5. The predicted octanol–water partition coefficient (Wildman–Crippen LogP) is 4.24. The minimum Gasteiger partial charge on any atom is -0.360 e. The van der Waals surface area contributed by atoms with E-state index in [2.05, 4.69) is 5.32 Å². The highest BCUT2D eigenvalue weighted by Gasteiger charge is 2.20. The number of nitrogens with one attached hydrogen (secondary N) is 1. The highest BCUT2D eigenvalue weighted by Crippen LogP contribution is 2.21. The Hall–Kier alpha value is -2.00. The van der Waals surface area contributed by atoms with Gasteiger partial charge < -0.3 is 5.32 Å². The molecule has 0 spiro atoms. The SMILES string of the molecule is N#CC(=CNc1cccc(Cl)c1)S(=O)(=O)c1ccc(Cl)cc1. The fourth-order valence-electron chi connectivity index (χ4n) is 1.64. The molecule has 2 aromatic rings. The fraction of sp³-hybridized carbons (Fsp3) is 0. The smallest absolute Gasteiger partial charge is 0.218 e. The first-order chi connectivity index (χ1) is 10.4. The summed E-state index contributed by atoms with van der Waals surface area (Å²) in [6.45, 7) is 0. The number of nitrogens with zero attached hydrogens (tertiary/aromatic N) is 1.